The number of likely N-dealkylation sites (tertiary alicyclic amines) is 2. The zero-order chi connectivity index (χ0) is 47.5. The Morgan fingerprint density at radius 2 is 1.57 bits per heavy atom. The Kier molecular flexibility index (Phi) is 14.4. The Labute approximate surface area is 401 Å². The van der Waals surface area contributed by atoms with Gasteiger partial charge in [0.15, 0.2) is 5.82 Å². The third-order valence-corrected chi connectivity index (χ3v) is 15.6. The van der Waals surface area contributed by atoms with Crippen LogP contribution >= 0.6 is 0 Å². The third-order valence-electron chi connectivity index (χ3n) is 15.6. The van der Waals surface area contributed by atoms with Crippen molar-refractivity contribution in [3.63, 3.8) is 0 Å². The quantitative estimate of drug-likeness (QED) is 0.187. The maximum absolute atomic E-state index is 14.2. The first-order valence-electron chi connectivity index (χ1n) is 25.1. The summed E-state index contributed by atoms with van der Waals surface area (Å²) < 4.78 is 0. The largest absolute Gasteiger partial charge is 0.507 e. The lowest BCUT2D eigenvalue weighted by Crippen LogP contribution is -2.61. The van der Waals surface area contributed by atoms with Gasteiger partial charge in [0, 0.05) is 102 Å². The van der Waals surface area contributed by atoms with Crippen LogP contribution in [0.5, 0.6) is 5.75 Å². The van der Waals surface area contributed by atoms with Crippen molar-refractivity contribution in [2.45, 2.75) is 109 Å². The monoisotopic (exact) mass is 930 g/mol. The van der Waals surface area contributed by atoms with Crippen LogP contribution < -0.4 is 20.9 Å². The number of phenolic OH excluding ortho intramolecular Hbond substituents is 1. The summed E-state index contributed by atoms with van der Waals surface area (Å²) in [5.41, 5.74) is 3.46. The van der Waals surface area contributed by atoms with E-state index in [1.165, 1.54) is 43.4 Å². The highest BCUT2D eigenvalue weighted by molar-refractivity contribution is 5.93. The van der Waals surface area contributed by atoms with Gasteiger partial charge in [-0.05, 0) is 98.8 Å². The van der Waals surface area contributed by atoms with Crippen LogP contribution in [-0.4, -0.2) is 178 Å². The maximum Gasteiger partial charge on any atom is 0.318 e. The smallest absolute Gasteiger partial charge is 0.318 e. The molecule has 4 saturated heterocycles. The molecule has 0 spiro atoms. The molecule has 1 saturated carbocycles. The van der Waals surface area contributed by atoms with E-state index in [4.69, 9.17) is 6.42 Å². The molecule has 6 heterocycles. The van der Waals surface area contributed by atoms with Crippen LogP contribution in [0, 0.1) is 23.7 Å². The minimum Gasteiger partial charge on any atom is -0.507 e. The number of hydrogen-bond acceptors (Lipinski definition) is 12. The van der Waals surface area contributed by atoms with Gasteiger partial charge in [-0.25, -0.2) is 4.79 Å². The number of phenols is 1. The van der Waals surface area contributed by atoms with E-state index in [0.29, 0.717) is 48.4 Å². The number of piperazine rings is 2. The van der Waals surface area contributed by atoms with E-state index in [1.807, 2.05) is 68.1 Å². The van der Waals surface area contributed by atoms with Gasteiger partial charge >= 0.3 is 6.03 Å². The maximum atomic E-state index is 14.2. The zero-order valence-corrected chi connectivity index (χ0v) is 40.2. The summed E-state index contributed by atoms with van der Waals surface area (Å²) in [5, 5.41) is 39.5. The van der Waals surface area contributed by atoms with Crippen LogP contribution in [0.3, 0.4) is 0 Å². The van der Waals surface area contributed by atoms with Crippen LogP contribution in [0.2, 0.25) is 0 Å². The molecule has 68 heavy (non-hydrogen) atoms. The predicted octanol–water partition coefficient (Wildman–Crippen LogP) is 3.79. The summed E-state index contributed by atoms with van der Waals surface area (Å²) in [6, 6.07) is 16.4. The van der Waals surface area contributed by atoms with Crippen LogP contribution in [0.15, 0.2) is 54.6 Å². The lowest BCUT2D eigenvalue weighted by molar-refractivity contribution is -0.142. The normalized spacial score (nSPS) is 25.7. The van der Waals surface area contributed by atoms with Crippen LogP contribution in [0.25, 0.3) is 11.3 Å². The number of carbonyl (C=O) groups excluding carboxylic acids is 3. The van der Waals surface area contributed by atoms with E-state index in [1.54, 1.807) is 6.07 Å². The summed E-state index contributed by atoms with van der Waals surface area (Å²) in [7, 11) is 0. The second kappa shape index (κ2) is 20.6. The molecule has 3 aromatic rings. The number of piperidine rings is 1. The highest BCUT2D eigenvalue weighted by Gasteiger charge is 2.45. The average Bonchev–Trinajstić information content (AvgIpc) is 3.76. The summed E-state index contributed by atoms with van der Waals surface area (Å²) in [5.74, 6) is 3.58. The zero-order valence-electron chi connectivity index (χ0n) is 40.2. The summed E-state index contributed by atoms with van der Waals surface area (Å²) in [6.45, 7) is 16.1. The molecule has 16 nitrogen and oxygen atoms in total. The third kappa shape index (κ3) is 10.7. The van der Waals surface area contributed by atoms with Crippen molar-refractivity contribution in [3.05, 3.63) is 65.7 Å². The number of aliphatic hydroxyl groups is 1. The fourth-order valence-electron chi connectivity index (χ4n) is 11.6. The van der Waals surface area contributed by atoms with E-state index in [2.05, 4.69) is 57.7 Å². The number of nitrogens with one attached hydrogen (secondary N) is 3. The number of hydrogen-bond donors (Lipinski definition) is 5. The van der Waals surface area contributed by atoms with E-state index in [-0.39, 0.29) is 43.1 Å². The number of terminal acetylenes is 1. The summed E-state index contributed by atoms with van der Waals surface area (Å²) in [6.07, 6.45) is 12.2. The van der Waals surface area contributed by atoms with Crippen molar-refractivity contribution in [2.75, 3.05) is 88.8 Å². The number of aromatic nitrogens is 2. The summed E-state index contributed by atoms with van der Waals surface area (Å²) >= 11 is 0. The van der Waals surface area contributed by atoms with Crippen molar-refractivity contribution in [2.24, 2.45) is 11.3 Å². The first-order valence-corrected chi connectivity index (χ1v) is 25.1. The number of amides is 4. The molecule has 9 rings (SSSR count). The van der Waals surface area contributed by atoms with Gasteiger partial charge in [-0.3, -0.25) is 19.4 Å². The molecule has 5 aliphatic heterocycles. The number of benzene rings is 2. The molecule has 6 aliphatic rings. The predicted molar refractivity (Wildman–Crippen MR) is 263 cm³/mol. The Morgan fingerprint density at radius 1 is 0.853 bits per heavy atom. The van der Waals surface area contributed by atoms with Gasteiger partial charge in [-0.2, -0.15) is 0 Å². The molecule has 364 valence electrons. The lowest BCUT2D eigenvalue weighted by atomic mass is 9.84. The van der Waals surface area contributed by atoms with E-state index >= 15 is 0 Å². The molecule has 0 unspecified atom stereocenters. The highest BCUT2D eigenvalue weighted by atomic mass is 16.3. The molecule has 5 fully saturated rings. The number of aromatic hydroxyl groups is 1. The molecule has 2 aromatic carbocycles. The number of nitrogens with zero attached hydrogens (tertiary/aromatic N) is 8. The fraction of sp³-hybridized carbons (Fsp3) is 0.596. The van der Waals surface area contributed by atoms with Crippen LogP contribution in [0.4, 0.5) is 16.3 Å². The Morgan fingerprint density at radius 3 is 2.28 bits per heavy atom. The van der Waals surface area contributed by atoms with Gasteiger partial charge in [0.2, 0.25) is 11.8 Å². The minimum atomic E-state index is -0.877. The van der Waals surface area contributed by atoms with Gasteiger partial charge in [-0.15, -0.1) is 16.6 Å². The number of anilines is 2. The van der Waals surface area contributed by atoms with E-state index in [9.17, 15) is 24.6 Å². The fourth-order valence-corrected chi connectivity index (χ4v) is 11.6. The number of aliphatic hydroxyl groups excluding tert-OH is 1. The molecular formula is C52H71N11O5. The molecule has 0 radical (unpaired) electrons. The second-order valence-electron chi connectivity index (χ2n) is 21.1. The van der Waals surface area contributed by atoms with E-state index in [0.717, 1.165) is 81.5 Å². The first kappa shape index (κ1) is 47.6. The average molecular weight is 930 g/mol. The van der Waals surface area contributed by atoms with Gasteiger partial charge in [-0.1, -0.05) is 51.0 Å². The van der Waals surface area contributed by atoms with E-state index < -0.39 is 23.6 Å². The second-order valence-corrected chi connectivity index (χ2v) is 21.1. The number of para-hydroxylation sites is 1. The molecular weight excluding hydrogens is 859 g/mol. The lowest BCUT2D eigenvalue weighted by Gasteiger charge is -2.50. The SMILES string of the molecule is C#Cc1ccc(CNC(=O)[C@@H]2C[C@@H](O)CN2C(=O)[C@@H](NC(=O)N2CCN(C[C@H]3CC[C@@H](N4CCC(N5CCN6c7cc(-c8ccccc8O)nnc7NC[C@H]6C5)CC4)CC3)CC2)C(C)(C)C)cc1. The van der Waals surface area contributed by atoms with Crippen molar-refractivity contribution in [1.82, 2.24) is 45.3 Å². The number of urea groups is 1. The number of rotatable bonds is 10. The van der Waals surface area contributed by atoms with Crippen molar-refractivity contribution in [3.8, 4) is 29.4 Å². The van der Waals surface area contributed by atoms with Crippen molar-refractivity contribution in [1.29, 1.82) is 0 Å². The molecule has 4 amide bonds. The molecule has 1 aliphatic carbocycles. The molecule has 16 heteroatoms. The minimum absolute atomic E-state index is 0.0333. The van der Waals surface area contributed by atoms with Crippen molar-refractivity contribution < 1.29 is 24.6 Å². The Balaban J connectivity index is 0.689. The standard InChI is InChI=1S/C52H71N11O5/c1-5-35-10-12-36(13-11-35)30-54-49(66)45-28-41(64)34-63(45)50(67)47(52(2,3)4)55-51(68)60-24-22-58(23-25-60)32-37-14-16-38(17-15-37)59-20-18-39(19-21-59)61-26-27-62-40(33-61)31-53-48-44(62)29-43(56-57-48)42-8-6-7-9-46(42)65/h1,6-13,29,37-41,45,47,64-65H,14-28,30-34H2,2-4H3,(H,53,57)(H,54,66)(H,55,68)/t37-,38+,40-,41+,45-,47+/m0/s1. The van der Waals surface area contributed by atoms with Crippen LogP contribution in [-0.2, 0) is 16.1 Å². The summed E-state index contributed by atoms with van der Waals surface area (Å²) in [4.78, 5) is 55.1. The topological polar surface area (TPSA) is 173 Å². The number of carbonyl (C=O) groups is 3. The molecule has 5 N–H and O–H groups in total. The van der Waals surface area contributed by atoms with Gasteiger partial charge in [0.05, 0.1) is 23.5 Å². The Hall–Kier alpha value is -5.47. The molecule has 1 aromatic heterocycles. The number of β-amino-alcohol motifs (C(OH)–C–C–N with tert-alkyl or cyclic N) is 1. The van der Waals surface area contributed by atoms with Gasteiger partial charge in [0.1, 0.15) is 17.8 Å². The van der Waals surface area contributed by atoms with Gasteiger partial charge in [0.25, 0.3) is 0 Å². The molecule has 0 bridgehead atoms. The van der Waals surface area contributed by atoms with Gasteiger partial charge < -0.3 is 45.8 Å². The molecule has 4 atom stereocenters. The number of fused-ring (bicyclic) bond motifs is 3. The highest BCUT2D eigenvalue weighted by Crippen LogP contribution is 2.37. The van der Waals surface area contributed by atoms with Crippen LogP contribution in [0.1, 0.15) is 76.8 Å². The Bertz CT molecular complexity index is 2290. The van der Waals surface area contributed by atoms with Crippen molar-refractivity contribution >= 4 is 29.4 Å². The first-order chi connectivity index (χ1) is 32.8.